The first-order valence-corrected chi connectivity index (χ1v) is 2.01. The molecule has 0 unspecified atom stereocenters. The van der Waals surface area contributed by atoms with Crippen molar-refractivity contribution in [1.29, 1.82) is 0 Å². The fraction of sp³-hybridized carbons (Fsp3) is 0.250. The summed E-state index contributed by atoms with van der Waals surface area (Å²) in [5.41, 5.74) is 0. The predicted octanol–water partition coefficient (Wildman–Crippen LogP) is 0.429. The lowest BCUT2D eigenvalue weighted by molar-refractivity contribution is 0.745. The van der Waals surface area contributed by atoms with Gasteiger partial charge in [0.25, 0.3) is 6.09 Å². The SMILES string of the molecule is FC1=NCC=CN1. The number of amidine groups is 1. The molecular formula is C4H5FN2. The number of nitrogens with zero attached hydrogens (tertiary/aromatic N) is 1. The highest BCUT2D eigenvalue weighted by atomic mass is 19.1. The second kappa shape index (κ2) is 1.73. The summed E-state index contributed by atoms with van der Waals surface area (Å²) in [6.07, 6.45) is 2.77. The fourth-order valence-corrected chi connectivity index (χ4v) is 0.359. The Balaban J connectivity index is 2.50. The molecular weight excluding hydrogens is 95.1 g/mol. The molecule has 1 rings (SSSR count). The minimum Gasteiger partial charge on any atom is -0.323 e. The number of nitrogens with one attached hydrogen (secondary N) is 1. The number of rotatable bonds is 0. The van der Waals surface area contributed by atoms with Gasteiger partial charge in [-0.05, 0) is 6.08 Å². The van der Waals surface area contributed by atoms with E-state index in [1.165, 1.54) is 6.20 Å². The van der Waals surface area contributed by atoms with Gasteiger partial charge >= 0.3 is 0 Å². The zero-order valence-electron chi connectivity index (χ0n) is 3.69. The molecule has 0 aliphatic carbocycles. The van der Waals surface area contributed by atoms with Gasteiger partial charge in [0.2, 0.25) is 0 Å². The summed E-state index contributed by atoms with van der Waals surface area (Å²) in [5, 5.41) is 2.28. The van der Waals surface area contributed by atoms with Crippen LogP contribution in [0.1, 0.15) is 0 Å². The monoisotopic (exact) mass is 100 g/mol. The van der Waals surface area contributed by atoms with Gasteiger partial charge in [0, 0.05) is 6.20 Å². The van der Waals surface area contributed by atoms with E-state index >= 15 is 0 Å². The molecule has 1 aliphatic heterocycles. The van der Waals surface area contributed by atoms with Crippen molar-refractivity contribution in [2.24, 2.45) is 4.99 Å². The Hall–Kier alpha value is -0.860. The molecule has 0 bridgehead atoms. The number of halogens is 1. The average Bonchev–Trinajstić information content (AvgIpc) is 1.69. The Morgan fingerprint density at radius 2 is 2.71 bits per heavy atom. The molecule has 7 heavy (non-hydrogen) atoms. The first-order chi connectivity index (χ1) is 3.39. The third-order valence-corrected chi connectivity index (χ3v) is 0.656. The standard InChI is InChI=1S/C4H5FN2/c5-4-6-2-1-3-7-4/h1-2H,3H2,(H,6,7). The van der Waals surface area contributed by atoms with Crippen LogP contribution in [0.3, 0.4) is 0 Å². The van der Waals surface area contributed by atoms with Crippen LogP contribution in [0, 0.1) is 0 Å². The molecule has 1 heterocycles. The van der Waals surface area contributed by atoms with E-state index in [2.05, 4.69) is 10.3 Å². The quantitative estimate of drug-likeness (QED) is 0.438. The highest BCUT2D eigenvalue weighted by Gasteiger charge is 1.91. The van der Waals surface area contributed by atoms with E-state index in [4.69, 9.17) is 0 Å². The lowest BCUT2D eigenvalue weighted by Gasteiger charge is -1.97. The van der Waals surface area contributed by atoms with Crippen molar-refractivity contribution < 1.29 is 4.39 Å². The summed E-state index contributed by atoms with van der Waals surface area (Å²) >= 11 is 0. The van der Waals surface area contributed by atoms with Crippen molar-refractivity contribution in [2.75, 3.05) is 6.54 Å². The van der Waals surface area contributed by atoms with Gasteiger partial charge in [0.05, 0.1) is 6.54 Å². The maximum absolute atomic E-state index is 11.8. The Bertz CT molecular complexity index is 117. The van der Waals surface area contributed by atoms with Gasteiger partial charge in [0.1, 0.15) is 0 Å². The van der Waals surface area contributed by atoms with Crippen LogP contribution in [0.15, 0.2) is 17.3 Å². The van der Waals surface area contributed by atoms with Gasteiger partial charge in [-0.2, -0.15) is 4.39 Å². The van der Waals surface area contributed by atoms with E-state index in [9.17, 15) is 4.39 Å². The van der Waals surface area contributed by atoms with Gasteiger partial charge in [-0.1, -0.05) is 0 Å². The molecule has 0 aromatic heterocycles. The zero-order valence-corrected chi connectivity index (χ0v) is 3.69. The first kappa shape index (κ1) is 4.30. The van der Waals surface area contributed by atoms with Crippen LogP contribution in [0.2, 0.25) is 0 Å². The molecule has 0 atom stereocenters. The van der Waals surface area contributed by atoms with Crippen LogP contribution in [0.5, 0.6) is 0 Å². The van der Waals surface area contributed by atoms with Gasteiger partial charge in [-0.15, -0.1) is 0 Å². The van der Waals surface area contributed by atoms with Gasteiger partial charge in [-0.25, -0.2) is 4.99 Å². The van der Waals surface area contributed by atoms with Gasteiger partial charge in [0.15, 0.2) is 0 Å². The normalized spacial score (nSPS) is 18.1. The molecule has 0 fully saturated rings. The molecule has 0 radical (unpaired) electrons. The fourth-order valence-electron chi connectivity index (χ4n) is 0.359. The third kappa shape index (κ3) is 0.994. The van der Waals surface area contributed by atoms with Crippen LogP contribution < -0.4 is 5.32 Å². The zero-order chi connectivity index (χ0) is 5.11. The smallest absolute Gasteiger partial charge is 0.282 e. The minimum atomic E-state index is -0.498. The molecule has 0 saturated heterocycles. The number of aliphatic imine (C=N–C) groups is 1. The van der Waals surface area contributed by atoms with Crippen molar-refractivity contribution in [2.45, 2.75) is 0 Å². The van der Waals surface area contributed by atoms with E-state index in [0.717, 1.165) is 0 Å². The maximum Gasteiger partial charge on any atom is 0.282 e. The molecule has 0 amide bonds. The molecule has 3 heteroatoms. The molecule has 0 aromatic rings. The van der Waals surface area contributed by atoms with Crippen molar-refractivity contribution >= 4 is 6.09 Å². The summed E-state index contributed by atoms with van der Waals surface area (Å²) in [6.45, 7) is 0.457. The summed E-state index contributed by atoms with van der Waals surface area (Å²) in [4.78, 5) is 3.38. The minimum absolute atomic E-state index is 0.457. The van der Waals surface area contributed by atoms with Gasteiger partial charge in [-0.3, -0.25) is 0 Å². The maximum atomic E-state index is 11.8. The lowest BCUT2D eigenvalue weighted by atomic mass is 10.6. The van der Waals surface area contributed by atoms with E-state index in [-0.39, 0.29) is 0 Å². The van der Waals surface area contributed by atoms with E-state index in [1.54, 1.807) is 6.08 Å². The Labute approximate surface area is 40.7 Å². The van der Waals surface area contributed by atoms with Crippen molar-refractivity contribution in [3.05, 3.63) is 12.3 Å². The first-order valence-electron chi connectivity index (χ1n) is 2.01. The number of hydrogen-bond donors (Lipinski definition) is 1. The molecule has 0 spiro atoms. The van der Waals surface area contributed by atoms with Crippen molar-refractivity contribution in [3.8, 4) is 0 Å². The molecule has 38 valence electrons. The highest BCUT2D eigenvalue weighted by Crippen LogP contribution is 1.84. The summed E-state index contributed by atoms with van der Waals surface area (Å²) < 4.78 is 11.8. The van der Waals surface area contributed by atoms with Crippen molar-refractivity contribution in [1.82, 2.24) is 5.32 Å². The summed E-state index contributed by atoms with van der Waals surface area (Å²) in [7, 11) is 0. The van der Waals surface area contributed by atoms with Crippen LogP contribution in [-0.2, 0) is 0 Å². The van der Waals surface area contributed by atoms with Crippen molar-refractivity contribution in [3.63, 3.8) is 0 Å². The predicted molar refractivity (Wildman–Crippen MR) is 25.7 cm³/mol. The van der Waals surface area contributed by atoms with Crippen LogP contribution >= 0.6 is 0 Å². The van der Waals surface area contributed by atoms with E-state index < -0.39 is 6.09 Å². The second-order valence-corrected chi connectivity index (χ2v) is 1.18. The third-order valence-electron chi connectivity index (χ3n) is 0.656. The average molecular weight is 100 g/mol. The van der Waals surface area contributed by atoms with Crippen LogP contribution in [0.4, 0.5) is 4.39 Å². The molecule has 0 aromatic carbocycles. The van der Waals surface area contributed by atoms with Gasteiger partial charge < -0.3 is 5.32 Å². The summed E-state index contributed by atoms with van der Waals surface area (Å²) in [6, 6.07) is 0. The summed E-state index contributed by atoms with van der Waals surface area (Å²) in [5.74, 6) is 0. The van der Waals surface area contributed by atoms with Crippen LogP contribution in [-0.4, -0.2) is 12.6 Å². The molecule has 1 aliphatic rings. The van der Waals surface area contributed by atoms with Crippen LogP contribution in [0.25, 0.3) is 0 Å². The van der Waals surface area contributed by atoms with E-state index in [0.29, 0.717) is 6.54 Å². The largest absolute Gasteiger partial charge is 0.323 e. The molecule has 0 saturated carbocycles. The Morgan fingerprint density at radius 3 is 3.00 bits per heavy atom. The lowest BCUT2D eigenvalue weighted by Crippen LogP contribution is -2.14. The van der Waals surface area contributed by atoms with E-state index in [1.807, 2.05) is 0 Å². The Morgan fingerprint density at radius 1 is 1.86 bits per heavy atom. The highest BCUT2D eigenvalue weighted by molar-refractivity contribution is 5.74. The topological polar surface area (TPSA) is 24.4 Å². The second-order valence-electron chi connectivity index (χ2n) is 1.18. The Kier molecular flexibility index (Phi) is 1.06. The molecule has 1 N–H and O–H groups in total. The number of hydrogen-bond acceptors (Lipinski definition) is 2. The molecule has 2 nitrogen and oxygen atoms in total.